The fourth-order valence-corrected chi connectivity index (χ4v) is 3.32. The van der Waals surface area contributed by atoms with Crippen LogP contribution in [0.3, 0.4) is 0 Å². The van der Waals surface area contributed by atoms with Crippen LogP contribution >= 0.6 is 0 Å². The normalized spacial score (nSPS) is 12.1. The van der Waals surface area contributed by atoms with Gasteiger partial charge in [-0.25, -0.2) is 0 Å². The minimum atomic E-state index is 0.985. The standard InChI is InChI=1S/C20H18N/c1-14-9-15(2)11-18(10-14)16-6-7-17-13-21-8-4-3-5-20(21)19(17)12-16/h3-12H,13H2,1-2H3/q+1. The van der Waals surface area contributed by atoms with Gasteiger partial charge in [-0.1, -0.05) is 41.5 Å². The topological polar surface area (TPSA) is 3.88 Å². The van der Waals surface area contributed by atoms with Crippen LogP contribution in [0.1, 0.15) is 16.7 Å². The van der Waals surface area contributed by atoms with E-state index in [-0.39, 0.29) is 0 Å². The average Bonchev–Trinajstić information content (AvgIpc) is 2.84. The van der Waals surface area contributed by atoms with Crippen molar-refractivity contribution >= 4 is 0 Å². The van der Waals surface area contributed by atoms with Crippen molar-refractivity contribution in [2.75, 3.05) is 0 Å². The van der Waals surface area contributed by atoms with Crippen molar-refractivity contribution in [1.29, 1.82) is 0 Å². The SMILES string of the molecule is Cc1cc(C)cc(-c2ccc3c(c2)-c2cccc[n+]2C3)c1. The molecule has 0 N–H and O–H groups in total. The van der Waals surface area contributed by atoms with Crippen LogP contribution in [0.25, 0.3) is 22.4 Å². The maximum Gasteiger partial charge on any atom is 0.213 e. The molecule has 0 bridgehead atoms. The van der Waals surface area contributed by atoms with E-state index in [0.717, 1.165) is 6.54 Å². The second kappa shape index (κ2) is 4.56. The molecule has 0 amide bonds. The van der Waals surface area contributed by atoms with Gasteiger partial charge in [0.05, 0.1) is 5.56 Å². The molecular weight excluding hydrogens is 254 g/mol. The van der Waals surface area contributed by atoms with Crippen molar-refractivity contribution in [3.63, 3.8) is 0 Å². The molecule has 1 aliphatic heterocycles. The number of benzene rings is 2. The minimum Gasteiger partial charge on any atom is -0.194 e. The van der Waals surface area contributed by atoms with Crippen LogP contribution in [0.15, 0.2) is 60.8 Å². The van der Waals surface area contributed by atoms with E-state index in [9.17, 15) is 0 Å². The van der Waals surface area contributed by atoms with Gasteiger partial charge in [-0.05, 0) is 37.1 Å². The monoisotopic (exact) mass is 272 g/mol. The summed E-state index contributed by atoms with van der Waals surface area (Å²) in [5.74, 6) is 0. The van der Waals surface area contributed by atoms with Crippen molar-refractivity contribution in [2.24, 2.45) is 0 Å². The lowest BCUT2D eigenvalue weighted by atomic mass is 9.96. The van der Waals surface area contributed by atoms with Crippen LogP contribution < -0.4 is 4.57 Å². The Morgan fingerprint density at radius 1 is 0.810 bits per heavy atom. The first-order valence-corrected chi connectivity index (χ1v) is 7.41. The molecule has 1 heteroatoms. The summed E-state index contributed by atoms with van der Waals surface area (Å²) in [5.41, 5.74) is 9.35. The maximum atomic E-state index is 2.34. The number of rotatable bonds is 1. The van der Waals surface area contributed by atoms with Crippen molar-refractivity contribution in [3.8, 4) is 22.4 Å². The minimum absolute atomic E-state index is 0.985. The van der Waals surface area contributed by atoms with Gasteiger partial charge < -0.3 is 0 Å². The summed E-state index contributed by atoms with van der Waals surface area (Å²) >= 11 is 0. The lowest BCUT2D eigenvalue weighted by molar-refractivity contribution is -0.672. The zero-order valence-electron chi connectivity index (χ0n) is 12.4. The first kappa shape index (κ1) is 12.3. The number of nitrogens with zero attached hydrogens (tertiary/aromatic N) is 1. The molecule has 2 aromatic carbocycles. The number of hydrogen-bond donors (Lipinski definition) is 0. The molecule has 0 unspecified atom stereocenters. The molecule has 0 fully saturated rings. The molecule has 0 saturated carbocycles. The van der Waals surface area contributed by atoms with E-state index in [1.165, 1.54) is 39.1 Å². The van der Waals surface area contributed by atoms with Gasteiger partial charge in [-0.15, -0.1) is 0 Å². The highest BCUT2D eigenvalue weighted by molar-refractivity contribution is 5.74. The Morgan fingerprint density at radius 2 is 1.62 bits per heavy atom. The smallest absolute Gasteiger partial charge is 0.194 e. The van der Waals surface area contributed by atoms with Gasteiger partial charge in [0.15, 0.2) is 12.7 Å². The summed E-state index contributed by atoms with van der Waals surface area (Å²) in [6.07, 6.45) is 2.16. The molecule has 1 aromatic heterocycles. The highest BCUT2D eigenvalue weighted by Gasteiger charge is 2.25. The zero-order valence-corrected chi connectivity index (χ0v) is 12.4. The van der Waals surface area contributed by atoms with Crippen LogP contribution in [-0.2, 0) is 6.54 Å². The second-order valence-electron chi connectivity index (χ2n) is 5.96. The number of hydrogen-bond acceptors (Lipinski definition) is 0. The van der Waals surface area contributed by atoms with E-state index in [2.05, 4.69) is 79.2 Å². The second-order valence-corrected chi connectivity index (χ2v) is 5.96. The average molecular weight is 272 g/mol. The molecule has 102 valence electrons. The Bertz CT molecular complexity index is 826. The van der Waals surface area contributed by atoms with Gasteiger partial charge in [0.1, 0.15) is 0 Å². The molecule has 0 aliphatic carbocycles. The van der Waals surface area contributed by atoms with Crippen LogP contribution in [-0.4, -0.2) is 0 Å². The predicted molar refractivity (Wildman–Crippen MR) is 86.1 cm³/mol. The van der Waals surface area contributed by atoms with Gasteiger partial charge in [-0.3, -0.25) is 0 Å². The summed E-state index contributed by atoms with van der Waals surface area (Å²) in [6, 6.07) is 20.0. The fourth-order valence-electron chi connectivity index (χ4n) is 3.32. The Labute approximate surface area is 125 Å². The molecule has 0 atom stereocenters. The van der Waals surface area contributed by atoms with Gasteiger partial charge in [0, 0.05) is 17.7 Å². The van der Waals surface area contributed by atoms with Crippen LogP contribution in [0, 0.1) is 13.8 Å². The van der Waals surface area contributed by atoms with E-state index in [4.69, 9.17) is 0 Å². The largest absolute Gasteiger partial charge is 0.213 e. The van der Waals surface area contributed by atoms with E-state index >= 15 is 0 Å². The van der Waals surface area contributed by atoms with Crippen LogP contribution in [0.4, 0.5) is 0 Å². The van der Waals surface area contributed by atoms with E-state index in [1.54, 1.807) is 0 Å². The number of fused-ring (bicyclic) bond motifs is 3. The van der Waals surface area contributed by atoms with Crippen LogP contribution in [0.5, 0.6) is 0 Å². The Kier molecular flexibility index (Phi) is 2.68. The molecular formula is C20H18N+. The third-order valence-corrected chi connectivity index (χ3v) is 4.22. The highest BCUT2D eigenvalue weighted by Crippen LogP contribution is 2.31. The molecule has 1 aliphatic rings. The molecule has 0 spiro atoms. The van der Waals surface area contributed by atoms with E-state index in [1.807, 2.05) is 0 Å². The molecule has 0 saturated heterocycles. The molecule has 1 nitrogen and oxygen atoms in total. The summed E-state index contributed by atoms with van der Waals surface area (Å²) in [6.45, 7) is 5.31. The third-order valence-electron chi connectivity index (χ3n) is 4.22. The van der Waals surface area contributed by atoms with Gasteiger partial charge in [-0.2, -0.15) is 4.57 Å². The van der Waals surface area contributed by atoms with Gasteiger partial charge in [0.25, 0.3) is 0 Å². The van der Waals surface area contributed by atoms with Crippen molar-refractivity contribution in [1.82, 2.24) is 0 Å². The third kappa shape index (κ3) is 2.06. The molecule has 2 heterocycles. The predicted octanol–water partition coefficient (Wildman–Crippen LogP) is 4.29. The fraction of sp³-hybridized carbons (Fsp3) is 0.150. The Hall–Kier alpha value is -2.41. The van der Waals surface area contributed by atoms with E-state index in [0.29, 0.717) is 0 Å². The zero-order chi connectivity index (χ0) is 14.4. The first-order valence-electron chi connectivity index (χ1n) is 7.41. The van der Waals surface area contributed by atoms with Crippen LogP contribution in [0.2, 0.25) is 0 Å². The number of aromatic nitrogens is 1. The van der Waals surface area contributed by atoms with Gasteiger partial charge >= 0.3 is 0 Å². The summed E-state index contributed by atoms with van der Waals surface area (Å²) in [4.78, 5) is 0. The molecule has 3 aromatic rings. The number of pyridine rings is 1. The molecule has 0 radical (unpaired) electrons. The summed E-state index contributed by atoms with van der Waals surface area (Å²) in [7, 11) is 0. The van der Waals surface area contributed by atoms with Crippen molar-refractivity contribution in [2.45, 2.75) is 20.4 Å². The van der Waals surface area contributed by atoms with E-state index < -0.39 is 0 Å². The van der Waals surface area contributed by atoms with Gasteiger partial charge in [0.2, 0.25) is 5.69 Å². The van der Waals surface area contributed by atoms with Crippen molar-refractivity contribution in [3.05, 3.63) is 77.5 Å². The quantitative estimate of drug-likeness (QED) is 0.455. The maximum absolute atomic E-state index is 2.34. The molecule has 4 rings (SSSR count). The highest BCUT2D eigenvalue weighted by atomic mass is 15.0. The number of aryl methyl sites for hydroxylation is 2. The van der Waals surface area contributed by atoms with Crippen molar-refractivity contribution < 1.29 is 4.57 Å². The summed E-state index contributed by atoms with van der Waals surface area (Å²) in [5, 5.41) is 0. The lowest BCUT2D eigenvalue weighted by Crippen LogP contribution is -2.31. The Balaban J connectivity index is 1.88. The lowest BCUT2D eigenvalue weighted by Gasteiger charge is -2.06. The summed E-state index contributed by atoms with van der Waals surface area (Å²) < 4.78 is 2.32. The first-order chi connectivity index (χ1) is 10.2. The molecule has 21 heavy (non-hydrogen) atoms. The Morgan fingerprint density at radius 3 is 2.43 bits per heavy atom.